The molecule has 0 radical (unpaired) electrons. The van der Waals surface area contributed by atoms with Gasteiger partial charge < -0.3 is 9.42 Å². The van der Waals surface area contributed by atoms with Gasteiger partial charge >= 0.3 is 7.60 Å². The molecule has 1 aromatic heterocycles. The Kier molecular flexibility index (Phi) is 5.17. The van der Waals surface area contributed by atoms with Crippen LogP contribution in [0.15, 0.2) is 6.07 Å². The Morgan fingerprint density at radius 3 is 2.53 bits per heavy atom. The van der Waals surface area contributed by atoms with Gasteiger partial charge in [0.25, 0.3) is 0 Å². The zero-order chi connectivity index (χ0) is 13.1. The summed E-state index contributed by atoms with van der Waals surface area (Å²) in [6.45, 7) is 5.12. The van der Waals surface area contributed by atoms with Gasteiger partial charge in [0.15, 0.2) is 5.75 Å². The molecule has 4 nitrogen and oxygen atoms in total. The second-order valence-corrected chi connectivity index (χ2v) is 6.13. The Morgan fingerprint density at radius 2 is 2.12 bits per heavy atom. The molecule has 1 atom stereocenters. The van der Waals surface area contributed by atoms with Gasteiger partial charge in [-0.15, -0.1) is 0 Å². The first-order valence-corrected chi connectivity index (χ1v) is 8.63. The highest BCUT2D eigenvalue weighted by Crippen LogP contribution is 2.41. The minimum atomic E-state index is -3.54. The molecule has 0 aliphatic carbocycles. The first-order chi connectivity index (χ1) is 7.91. The van der Waals surface area contributed by atoms with Gasteiger partial charge in [-0.1, -0.05) is 29.8 Å². The topological polar surface area (TPSA) is 59.4 Å². The predicted octanol–water partition coefficient (Wildman–Crippen LogP) is 3.30. The molecule has 0 bridgehead atoms. The number of rotatable bonds is 5. The molecule has 6 heteroatoms. The average Bonchev–Trinajstić information content (AvgIpc) is 2.27. The van der Waals surface area contributed by atoms with Crippen LogP contribution < -0.4 is 4.52 Å². The van der Waals surface area contributed by atoms with E-state index in [9.17, 15) is 9.46 Å². The van der Waals surface area contributed by atoms with Gasteiger partial charge in [0.2, 0.25) is 0 Å². The fourth-order valence-electron chi connectivity index (χ4n) is 1.56. The Bertz CT molecular complexity index is 419. The number of hydrogen-bond acceptors (Lipinski definition) is 3. The lowest BCUT2D eigenvalue weighted by atomic mass is 10.1. The third kappa shape index (κ3) is 4.09. The number of alkyl halides is 1. The SMILES string of the molecule is CCc1cc(CBr)nc(CC)c1OP(C)(=O)O. The second-order valence-electron chi connectivity index (χ2n) is 3.78. The molecule has 0 amide bonds. The molecular formula is C11H17BrNO3P. The van der Waals surface area contributed by atoms with Crippen molar-refractivity contribution in [2.45, 2.75) is 32.0 Å². The summed E-state index contributed by atoms with van der Waals surface area (Å²) < 4.78 is 16.5. The Hall–Kier alpha value is -0.380. The van der Waals surface area contributed by atoms with E-state index in [0.717, 1.165) is 23.4 Å². The van der Waals surface area contributed by atoms with Crippen LogP contribution >= 0.6 is 23.5 Å². The lowest BCUT2D eigenvalue weighted by Gasteiger charge is -2.16. The van der Waals surface area contributed by atoms with Crippen LogP contribution in [0.25, 0.3) is 0 Å². The van der Waals surface area contributed by atoms with Gasteiger partial charge in [-0.25, -0.2) is 4.57 Å². The van der Waals surface area contributed by atoms with E-state index in [1.165, 1.54) is 6.66 Å². The maximum absolute atomic E-state index is 11.4. The molecule has 1 unspecified atom stereocenters. The van der Waals surface area contributed by atoms with Crippen molar-refractivity contribution < 1.29 is 14.0 Å². The molecule has 1 heterocycles. The molecule has 0 saturated carbocycles. The number of nitrogens with zero attached hydrogens (tertiary/aromatic N) is 1. The Labute approximate surface area is 110 Å². The minimum absolute atomic E-state index is 0.466. The summed E-state index contributed by atoms with van der Waals surface area (Å²) in [6.07, 6.45) is 1.41. The lowest BCUT2D eigenvalue weighted by Crippen LogP contribution is -2.03. The van der Waals surface area contributed by atoms with E-state index in [1.807, 2.05) is 19.9 Å². The zero-order valence-electron chi connectivity index (χ0n) is 10.2. The van der Waals surface area contributed by atoms with Gasteiger partial charge in [-0.05, 0) is 24.5 Å². The molecule has 0 aliphatic heterocycles. The highest BCUT2D eigenvalue weighted by molar-refractivity contribution is 9.08. The fourth-order valence-corrected chi connectivity index (χ4v) is 2.41. The van der Waals surface area contributed by atoms with Crippen LogP contribution in [0.1, 0.15) is 30.8 Å². The van der Waals surface area contributed by atoms with E-state index in [-0.39, 0.29) is 0 Å². The van der Waals surface area contributed by atoms with Crippen LogP contribution in [-0.2, 0) is 22.7 Å². The summed E-state index contributed by atoms with van der Waals surface area (Å²) >= 11 is 3.36. The van der Waals surface area contributed by atoms with Gasteiger partial charge in [-0.3, -0.25) is 4.98 Å². The Morgan fingerprint density at radius 1 is 1.47 bits per heavy atom. The summed E-state index contributed by atoms with van der Waals surface area (Å²) in [5, 5.41) is 0.663. The van der Waals surface area contributed by atoms with E-state index < -0.39 is 7.60 Å². The van der Waals surface area contributed by atoms with E-state index in [0.29, 0.717) is 17.5 Å². The van der Waals surface area contributed by atoms with Gasteiger partial charge in [0.05, 0.1) is 11.4 Å². The third-order valence-corrected chi connectivity index (χ3v) is 3.38. The van der Waals surface area contributed by atoms with Crippen molar-refractivity contribution in [3.05, 3.63) is 23.0 Å². The van der Waals surface area contributed by atoms with E-state index >= 15 is 0 Å². The molecule has 0 aliphatic rings. The van der Waals surface area contributed by atoms with Crippen molar-refractivity contribution in [3.8, 4) is 5.75 Å². The van der Waals surface area contributed by atoms with Gasteiger partial charge in [0, 0.05) is 12.0 Å². The number of halogens is 1. The summed E-state index contributed by atoms with van der Waals surface area (Å²) in [5.74, 6) is 0.466. The molecule has 0 saturated heterocycles. The molecule has 0 fully saturated rings. The maximum Gasteiger partial charge on any atom is 0.373 e. The van der Waals surface area contributed by atoms with Crippen LogP contribution in [0.4, 0.5) is 0 Å². The van der Waals surface area contributed by atoms with Crippen LogP contribution in [-0.4, -0.2) is 16.5 Å². The first-order valence-electron chi connectivity index (χ1n) is 5.48. The number of pyridine rings is 1. The smallest absolute Gasteiger partial charge is 0.373 e. The number of aryl methyl sites for hydroxylation is 2. The second kappa shape index (κ2) is 5.98. The average molecular weight is 322 g/mol. The maximum atomic E-state index is 11.4. The standard InChI is InChI=1S/C11H17BrNO3P/c1-4-8-6-9(7-12)13-10(5-2)11(8)16-17(3,14)15/h6H,4-5,7H2,1-3H3,(H,14,15). The molecule has 0 spiro atoms. The number of hydrogen-bond donors (Lipinski definition) is 1. The van der Waals surface area contributed by atoms with Gasteiger partial charge in [-0.2, -0.15) is 0 Å². The van der Waals surface area contributed by atoms with E-state index in [2.05, 4.69) is 20.9 Å². The molecule has 0 aromatic carbocycles. The predicted molar refractivity (Wildman–Crippen MR) is 72.0 cm³/mol. The summed E-state index contributed by atoms with van der Waals surface area (Å²) in [6, 6.07) is 1.90. The van der Waals surface area contributed by atoms with Crippen LogP contribution in [0.3, 0.4) is 0 Å². The minimum Gasteiger partial charge on any atom is -0.422 e. The number of aromatic nitrogens is 1. The third-order valence-electron chi connectivity index (χ3n) is 2.29. The summed E-state index contributed by atoms with van der Waals surface area (Å²) in [7, 11) is -3.54. The highest BCUT2D eigenvalue weighted by Gasteiger charge is 2.19. The highest BCUT2D eigenvalue weighted by atomic mass is 79.9. The monoisotopic (exact) mass is 321 g/mol. The van der Waals surface area contributed by atoms with Crippen molar-refractivity contribution in [2.24, 2.45) is 0 Å². The van der Waals surface area contributed by atoms with Crippen molar-refractivity contribution >= 4 is 23.5 Å². The summed E-state index contributed by atoms with van der Waals surface area (Å²) in [4.78, 5) is 13.7. The lowest BCUT2D eigenvalue weighted by molar-refractivity contribution is 0.383. The first kappa shape index (κ1) is 14.7. The molecule has 1 aromatic rings. The van der Waals surface area contributed by atoms with Crippen LogP contribution in [0.5, 0.6) is 5.75 Å². The molecule has 1 N–H and O–H groups in total. The normalized spacial score (nSPS) is 14.4. The fraction of sp³-hybridized carbons (Fsp3) is 0.545. The molecule has 17 heavy (non-hydrogen) atoms. The van der Waals surface area contributed by atoms with E-state index in [1.54, 1.807) is 0 Å². The van der Waals surface area contributed by atoms with Crippen molar-refractivity contribution in [1.82, 2.24) is 4.98 Å². The molecular weight excluding hydrogens is 305 g/mol. The summed E-state index contributed by atoms with van der Waals surface area (Å²) in [5.41, 5.74) is 2.56. The van der Waals surface area contributed by atoms with Crippen molar-refractivity contribution in [1.29, 1.82) is 0 Å². The van der Waals surface area contributed by atoms with Crippen LogP contribution in [0.2, 0.25) is 0 Å². The van der Waals surface area contributed by atoms with Crippen molar-refractivity contribution in [3.63, 3.8) is 0 Å². The Balaban J connectivity index is 3.29. The molecule has 1 rings (SSSR count). The quantitative estimate of drug-likeness (QED) is 0.667. The van der Waals surface area contributed by atoms with Crippen LogP contribution in [0, 0.1) is 0 Å². The van der Waals surface area contributed by atoms with Crippen molar-refractivity contribution in [2.75, 3.05) is 6.66 Å². The molecule has 96 valence electrons. The zero-order valence-corrected chi connectivity index (χ0v) is 12.7. The van der Waals surface area contributed by atoms with Gasteiger partial charge in [0.1, 0.15) is 0 Å². The van der Waals surface area contributed by atoms with E-state index in [4.69, 9.17) is 4.52 Å². The largest absolute Gasteiger partial charge is 0.422 e.